The largest absolute Gasteiger partial charge is 0.384 e. The van der Waals surface area contributed by atoms with Gasteiger partial charge in [-0.05, 0) is 24.0 Å². The van der Waals surface area contributed by atoms with E-state index in [4.69, 9.17) is 27.5 Å². The maximum Gasteiger partial charge on any atom is 0.122 e. The summed E-state index contributed by atoms with van der Waals surface area (Å²) in [7, 11) is 0. The molecule has 0 aliphatic heterocycles. The van der Waals surface area contributed by atoms with Crippen LogP contribution in [0.5, 0.6) is 0 Å². The minimum absolute atomic E-state index is 0.0324. The quantitative estimate of drug-likeness (QED) is 0.525. The minimum atomic E-state index is 0.0324. The number of amidine groups is 1. The minimum Gasteiger partial charge on any atom is -0.384 e. The van der Waals surface area contributed by atoms with E-state index in [0.29, 0.717) is 23.1 Å². The molecule has 3 N–H and O–H groups in total. The molecule has 0 heterocycles. The van der Waals surface area contributed by atoms with Crippen LogP contribution in [0.3, 0.4) is 0 Å². The molecule has 112 valence electrons. The van der Waals surface area contributed by atoms with Crippen LogP contribution in [0.25, 0.3) is 0 Å². The monoisotopic (exact) mass is 296 g/mol. The molecule has 0 aliphatic rings. The van der Waals surface area contributed by atoms with Gasteiger partial charge in [-0.25, -0.2) is 0 Å². The van der Waals surface area contributed by atoms with E-state index in [1.165, 1.54) is 19.3 Å². The molecule has 0 fully saturated rings. The van der Waals surface area contributed by atoms with Gasteiger partial charge in [0.15, 0.2) is 0 Å². The van der Waals surface area contributed by atoms with E-state index in [-0.39, 0.29) is 5.84 Å². The fourth-order valence-electron chi connectivity index (χ4n) is 2.07. The number of nitrogens with one attached hydrogen (secondary N) is 1. The zero-order valence-corrected chi connectivity index (χ0v) is 13.2. The van der Waals surface area contributed by atoms with Crippen LogP contribution >= 0.6 is 11.6 Å². The van der Waals surface area contributed by atoms with Gasteiger partial charge in [-0.1, -0.05) is 56.8 Å². The molecule has 0 spiro atoms. The molecule has 0 aliphatic carbocycles. The van der Waals surface area contributed by atoms with Crippen molar-refractivity contribution >= 4 is 17.4 Å². The molecule has 1 aromatic carbocycles. The van der Waals surface area contributed by atoms with Crippen molar-refractivity contribution in [2.24, 2.45) is 11.7 Å². The lowest BCUT2D eigenvalue weighted by Crippen LogP contribution is -2.11. The van der Waals surface area contributed by atoms with Crippen LogP contribution in [0, 0.1) is 11.3 Å². The normalized spacial score (nSPS) is 12.3. The second kappa shape index (κ2) is 8.98. The molecule has 4 heteroatoms. The van der Waals surface area contributed by atoms with E-state index in [1.54, 1.807) is 12.1 Å². The highest BCUT2D eigenvalue weighted by Crippen LogP contribution is 2.20. The van der Waals surface area contributed by atoms with Crippen LogP contribution in [-0.2, 0) is 11.3 Å². The summed E-state index contributed by atoms with van der Waals surface area (Å²) in [5, 5.41) is 7.98. The molecule has 0 saturated carbocycles. The van der Waals surface area contributed by atoms with Gasteiger partial charge in [-0.2, -0.15) is 0 Å². The summed E-state index contributed by atoms with van der Waals surface area (Å²) >= 11 is 6.17. The van der Waals surface area contributed by atoms with Crippen molar-refractivity contribution in [3.05, 3.63) is 34.3 Å². The standard InChI is InChI=1S/C16H25ClN2O/c1-3-5-6-12(4-2)10-20-11-14-8-7-13(16(18)19)9-15(14)17/h7-9,12H,3-6,10-11H2,1-2H3,(H3,18,19). The Hall–Kier alpha value is -1.06. The van der Waals surface area contributed by atoms with Crippen LogP contribution in [-0.4, -0.2) is 12.4 Å². The fourth-order valence-corrected chi connectivity index (χ4v) is 2.30. The van der Waals surface area contributed by atoms with Crippen LogP contribution < -0.4 is 5.73 Å². The van der Waals surface area contributed by atoms with Crippen molar-refractivity contribution in [3.63, 3.8) is 0 Å². The first-order valence-electron chi connectivity index (χ1n) is 7.29. The van der Waals surface area contributed by atoms with Crippen LogP contribution in [0.2, 0.25) is 5.02 Å². The van der Waals surface area contributed by atoms with E-state index >= 15 is 0 Å². The number of nitrogen functional groups attached to an aromatic ring is 1. The summed E-state index contributed by atoms with van der Waals surface area (Å²) in [6.07, 6.45) is 4.87. The van der Waals surface area contributed by atoms with Crippen LogP contribution in [0.1, 0.15) is 50.7 Å². The molecular weight excluding hydrogens is 272 g/mol. The molecule has 3 nitrogen and oxygen atoms in total. The molecule has 1 atom stereocenters. The van der Waals surface area contributed by atoms with Gasteiger partial charge >= 0.3 is 0 Å². The van der Waals surface area contributed by atoms with E-state index in [1.807, 2.05) is 6.07 Å². The van der Waals surface area contributed by atoms with Crippen molar-refractivity contribution < 1.29 is 4.74 Å². The second-order valence-corrected chi connectivity index (χ2v) is 5.56. The highest BCUT2D eigenvalue weighted by atomic mass is 35.5. The first-order valence-corrected chi connectivity index (χ1v) is 7.66. The van der Waals surface area contributed by atoms with Gasteiger partial charge in [0, 0.05) is 17.2 Å². The Morgan fingerprint density at radius 2 is 2.15 bits per heavy atom. The first-order chi connectivity index (χ1) is 9.58. The Kier molecular flexibility index (Phi) is 7.63. The third kappa shape index (κ3) is 5.51. The third-order valence-corrected chi connectivity index (χ3v) is 3.87. The van der Waals surface area contributed by atoms with E-state index < -0.39 is 0 Å². The molecule has 0 aromatic heterocycles. The van der Waals surface area contributed by atoms with Crippen molar-refractivity contribution in [2.45, 2.75) is 46.1 Å². The van der Waals surface area contributed by atoms with E-state index in [2.05, 4.69) is 13.8 Å². The Morgan fingerprint density at radius 1 is 1.40 bits per heavy atom. The number of nitrogens with two attached hydrogens (primary N) is 1. The molecule has 0 saturated heterocycles. The summed E-state index contributed by atoms with van der Waals surface area (Å²) in [6.45, 7) is 5.71. The number of hydrogen-bond acceptors (Lipinski definition) is 2. The number of unbranched alkanes of at least 4 members (excludes halogenated alkanes) is 1. The van der Waals surface area contributed by atoms with Gasteiger partial charge in [0.2, 0.25) is 0 Å². The highest BCUT2D eigenvalue weighted by Gasteiger charge is 2.08. The van der Waals surface area contributed by atoms with Crippen molar-refractivity contribution in [3.8, 4) is 0 Å². The smallest absolute Gasteiger partial charge is 0.122 e. The predicted molar refractivity (Wildman–Crippen MR) is 85.4 cm³/mol. The lowest BCUT2D eigenvalue weighted by Gasteiger charge is -2.15. The first kappa shape index (κ1) is 17.0. The maximum atomic E-state index is 7.37. The predicted octanol–water partition coefficient (Wildman–Crippen LogP) is 4.36. The van der Waals surface area contributed by atoms with E-state index in [0.717, 1.165) is 18.6 Å². The molecule has 0 radical (unpaired) electrons. The molecule has 0 amide bonds. The topological polar surface area (TPSA) is 59.1 Å². The van der Waals surface area contributed by atoms with Gasteiger partial charge < -0.3 is 10.5 Å². The molecule has 20 heavy (non-hydrogen) atoms. The van der Waals surface area contributed by atoms with E-state index in [9.17, 15) is 0 Å². The molecule has 0 bridgehead atoms. The maximum absolute atomic E-state index is 7.37. The summed E-state index contributed by atoms with van der Waals surface area (Å²) in [6, 6.07) is 5.41. The SMILES string of the molecule is CCCCC(CC)COCc1ccc(C(=N)N)cc1Cl. The van der Waals surface area contributed by atoms with Crippen molar-refractivity contribution in [2.75, 3.05) is 6.61 Å². The van der Waals surface area contributed by atoms with Gasteiger partial charge in [-0.15, -0.1) is 0 Å². The zero-order valence-electron chi connectivity index (χ0n) is 12.4. The third-order valence-electron chi connectivity index (χ3n) is 3.52. The second-order valence-electron chi connectivity index (χ2n) is 5.15. The van der Waals surface area contributed by atoms with Gasteiger partial charge in [0.05, 0.1) is 6.61 Å². The zero-order chi connectivity index (χ0) is 15.0. The fraction of sp³-hybridized carbons (Fsp3) is 0.562. The molecule has 1 aromatic rings. The van der Waals surface area contributed by atoms with Crippen LogP contribution in [0.4, 0.5) is 0 Å². The van der Waals surface area contributed by atoms with Crippen LogP contribution in [0.15, 0.2) is 18.2 Å². The highest BCUT2D eigenvalue weighted by molar-refractivity contribution is 6.31. The number of halogens is 1. The summed E-state index contributed by atoms with van der Waals surface area (Å²) in [4.78, 5) is 0. The molecule has 1 unspecified atom stereocenters. The van der Waals surface area contributed by atoms with Crippen molar-refractivity contribution in [1.29, 1.82) is 5.41 Å². The number of ether oxygens (including phenoxy) is 1. The van der Waals surface area contributed by atoms with Crippen molar-refractivity contribution in [1.82, 2.24) is 0 Å². The molecule has 1 rings (SSSR count). The Morgan fingerprint density at radius 3 is 2.70 bits per heavy atom. The summed E-state index contributed by atoms with van der Waals surface area (Å²) < 4.78 is 5.78. The number of hydrogen-bond donors (Lipinski definition) is 2. The Balaban J connectivity index is 2.47. The Labute approximate surface area is 127 Å². The van der Waals surface area contributed by atoms with Gasteiger partial charge in [-0.3, -0.25) is 5.41 Å². The average Bonchev–Trinajstić information content (AvgIpc) is 2.43. The number of benzene rings is 1. The lowest BCUT2D eigenvalue weighted by atomic mass is 10.0. The van der Waals surface area contributed by atoms with Gasteiger partial charge in [0.25, 0.3) is 0 Å². The lowest BCUT2D eigenvalue weighted by molar-refractivity contribution is 0.0820. The summed E-state index contributed by atoms with van der Waals surface area (Å²) in [5.41, 5.74) is 7.02. The Bertz CT molecular complexity index is 434. The number of rotatable bonds is 9. The molecular formula is C16H25ClN2O. The summed E-state index contributed by atoms with van der Waals surface area (Å²) in [5.74, 6) is 0.662. The average molecular weight is 297 g/mol. The van der Waals surface area contributed by atoms with Gasteiger partial charge in [0.1, 0.15) is 5.84 Å².